The highest BCUT2D eigenvalue weighted by atomic mass is 16.5. The number of benzene rings is 1. The summed E-state index contributed by atoms with van der Waals surface area (Å²) in [6, 6.07) is 8.06. The minimum absolute atomic E-state index is 0.218. The zero-order valence-electron chi connectivity index (χ0n) is 14.5. The van der Waals surface area contributed by atoms with Gasteiger partial charge in [-0.3, -0.25) is 9.80 Å². The number of aryl methyl sites for hydroxylation is 1. The van der Waals surface area contributed by atoms with E-state index < -0.39 is 0 Å². The summed E-state index contributed by atoms with van der Waals surface area (Å²) in [5.41, 5.74) is 2.17. The number of rotatable bonds is 6. The molecule has 1 aromatic carbocycles. The van der Waals surface area contributed by atoms with Crippen LogP contribution >= 0.6 is 0 Å². The van der Waals surface area contributed by atoms with Gasteiger partial charge in [-0.25, -0.2) is 0 Å². The predicted octanol–water partition coefficient (Wildman–Crippen LogP) is 1.93. The summed E-state index contributed by atoms with van der Waals surface area (Å²) >= 11 is 0. The summed E-state index contributed by atoms with van der Waals surface area (Å²) < 4.78 is 5.43. The lowest BCUT2D eigenvalue weighted by molar-refractivity contribution is 0.0651. The third kappa shape index (κ3) is 4.20. The number of aliphatic hydroxyl groups is 1. The monoisotopic (exact) mass is 330 g/mol. The molecule has 0 aliphatic carbocycles. The first-order chi connectivity index (χ1) is 11.7. The Hall–Kier alpha value is -1.76. The number of aliphatic hydroxyl groups excluding tert-OH is 1. The zero-order valence-corrected chi connectivity index (χ0v) is 14.5. The summed E-state index contributed by atoms with van der Waals surface area (Å²) in [6.07, 6.45) is 0.591. The topological polar surface area (TPSA) is 65.6 Å². The van der Waals surface area contributed by atoms with Crippen LogP contribution in [0.25, 0.3) is 11.4 Å². The molecule has 1 fully saturated rings. The van der Waals surface area contributed by atoms with Crippen LogP contribution in [0.4, 0.5) is 0 Å². The number of piperazine rings is 1. The van der Waals surface area contributed by atoms with E-state index >= 15 is 0 Å². The maximum Gasteiger partial charge on any atom is 0.241 e. The molecular weight excluding hydrogens is 304 g/mol. The maximum absolute atomic E-state index is 9.76. The van der Waals surface area contributed by atoms with Crippen molar-refractivity contribution in [2.24, 2.45) is 0 Å². The number of hydrogen-bond acceptors (Lipinski definition) is 6. The smallest absolute Gasteiger partial charge is 0.241 e. The highest BCUT2D eigenvalue weighted by molar-refractivity contribution is 5.58. The average Bonchev–Trinajstić information content (AvgIpc) is 3.05. The quantitative estimate of drug-likeness (QED) is 0.873. The van der Waals surface area contributed by atoms with Gasteiger partial charge in [0, 0.05) is 38.3 Å². The second-order valence-electron chi connectivity index (χ2n) is 6.47. The Morgan fingerprint density at radius 2 is 1.88 bits per heavy atom. The molecule has 1 saturated heterocycles. The number of nitrogens with zero attached hydrogens (tertiary/aromatic N) is 4. The fraction of sp³-hybridized carbons (Fsp3) is 0.556. The average molecular weight is 330 g/mol. The van der Waals surface area contributed by atoms with Gasteiger partial charge < -0.3 is 9.63 Å². The Bertz CT molecular complexity index is 650. The van der Waals surface area contributed by atoms with Crippen molar-refractivity contribution in [3.63, 3.8) is 0 Å². The minimum Gasteiger partial charge on any atom is -0.392 e. The molecule has 6 heteroatoms. The van der Waals surface area contributed by atoms with Gasteiger partial charge in [-0.1, -0.05) is 36.3 Å². The second-order valence-corrected chi connectivity index (χ2v) is 6.47. The highest BCUT2D eigenvalue weighted by Gasteiger charge is 2.20. The summed E-state index contributed by atoms with van der Waals surface area (Å²) in [6.45, 7) is 9.37. The highest BCUT2D eigenvalue weighted by Crippen LogP contribution is 2.20. The van der Waals surface area contributed by atoms with E-state index in [0.29, 0.717) is 18.3 Å². The fourth-order valence-electron chi connectivity index (χ4n) is 3.00. The van der Waals surface area contributed by atoms with Crippen molar-refractivity contribution in [2.45, 2.75) is 32.9 Å². The molecule has 1 atom stereocenters. The first-order valence-electron chi connectivity index (χ1n) is 8.67. The van der Waals surface area contributed by atoms with Crippen molar-refractivity contribution in [3.05, 3.63) is 35.7 Å². The van der Waals surface area contributed by atoms with Gasteiger partial charge in [0.25, 0.3) is 0 Å². The van der Waals surface area contributed by atoms with Crippen molar-refractivity contribution in [1.82, 2.24) is 19.9 Å². The molecule has 0 bridgehead atoms. The molecule has 1 N–H and O–H groups in total. The van der Waals surface area contributed by atoms with Crippen LogP contribution in [0.1, 0.15) is 24.8 Å². The number of aromatic nitrogens is 2. The van der Waals surface area contributed by atoms with Gasteiger partial charge >= 0.3 is 0 Å². The predicted molar refractivity (Wildman–Crippen MR) is 92.5 cm³/mol. The second kappa shape index (κ2) is 7.88. The third-order valence-corrected chi connectivity index (χ3v) is 4.62. The van der Waals surface area contributed by atoms with Gasteiger partial charge in [0.15, 0.2) is 0 Å². The van der Waals surface area contributed by atoms with E-state index in [1.807, 2.05) is 25.1 Å². The minimum atomic E-state index is -0.218. The lowest BCUT2D eigenvalue weighted by Gasteiger charge is -2.34. The standard InChI is InChI=1S/C18H26N4O2/c1-3-15(23)12-21-8-10-22(11-9-21)13-17-19-18(20-24-17)16-7-5-4-6-14(16)2/h4-7,15,23H,3,8-13H2,1-2H3. The Morgan fingerprint density at radius 3 is 2.58 bits per heavy atom. The van der Waals surface area contributed by atoms with Crippen molar-refractivity contribution in [1.29, 1.82) is 0 Å². The Morgan fingerprint density at radius 1 is 1.17 bits per heavy atom. The molecule has 3 rings (SSSR count). The summed E-state index contributed by atoms with van der Waals surface area (Å²) in [4.78, 5) is 9.18. The van der Waals surface area contributed by atoms with E-state index in [4.69, 9.17) is 4.52 Å². The molecule has 1 aliphatic rings. The SMILES string of the molecule is CCC(O)CN1CCN(Cc2nc(-c3ccccc3C)no2)CC1. The van der Waals surface area contributed by atoms with Crippen molar-refractivity contribution >= 4 is 0 Å². The van der Waals surface area contributed by atoms with E-state index in [0.717, 1.165) is 50.3 Å². The molecular formula is C18H26N4O2. The van der Waals surface area contributed by atoms with Gasteiger partial charge in [-0.05, 0) is 18.9 Å². The molecule has 24 heavy (non-hydrogen) atoms. The molecule has 2 heterocycles. The van der Waals surface area contributed by atoms with Crippen LogP contribution < -0.4 is 0 Å². The first kappa shape index (κ1) is 17.1. The Balaban J connectivity index is 1.54. The maximum atomic E-state index is 9.76. The fourth-order valence-corrected chi connectivity index (χ4v) is 3.00. The lowest BCUT2D eigenvalue weighted by Crippen LogP contribution is -2.48. The van der Waals surface area contributed by atoms with Crippen LogP contribution in [0.15, 0.2) is 28.8 Å². The van der Waals surface area contributed by atoms with Crippen LogP contribution in [0.5, 0.6) is 0 Å². The van der Waals surface area contributed by atoms with Crippen LogP contribution in [-0.2, 0) is 6.54 Å². The van der Waals surface area contributed by atoms with Crippen molar-refractivity contribution in [2.75, 3.05) is 32.7 Å². The normalized spacial score (nSPS) is 18.0. The molecule has 2 aromatic rings. The molecule has 1 unspecified atom stereocenters. The van der Waals surface area contributed by atoms with E-state index in [-0.39, 0.29) is 6.10 Å². The molecule has 6 nitrogen and oxygen atoms in total. The molecule has 0 radical (unpaired) electrons. The number of β-amino-alcohol motifs (C(OH)–C–C–N with tert-alkyl or cyclic N) is 1. The molecule has 0 saturated carbocycles. The van der Waals surface area contributed by atoms with E-state index in [2.05, 4.69) is 32.9 Å². The van der Waals surface area contributed by atoms with Gasteiger partial charge in [-0.15, -0.1) is 0 Å². The lowest BCUT2D eigenvalue weighted by atomic mass is 10.1. The summed E-state index contributed by atoms with van der Waals surface area (Å²) in [5.74, 6) is 1.32. The van der Waals surface area contributed by atoms with Crippen LogP contribution in [-0.4, -0.2) is 63.9 Å². The van der Waals surface area contributed by atoms with Gasteiger partial charge in [-0.2, -0.15) is 4.98 Å². The number of hydrogen-bond donors (Lipinski definition) is 1. The van der Waals surface area contributed by atoms with Crippen molar-refractivity contribution in [3.8, 4) is 11.4 Å². The largest absolute Gasteiger partial charge is 0.392 e. The summed E-state index contributed by atoms with van der Waals surface area (Å²) in [5, 5.41) is 13.9. The Labute approximate surface area is 143 Å². The van der Waals surface area contributed by atoms with Gasteiger partial charge in [0.1, 0.15) is 0 Å². The third-order valence-electron chi connectivity index (χ3n) is 4.62. The summed E-state index contributed by atoms with van der Waals surface area (Å²) in [7, 11) is 0. The molecule has 130 valence electrons. The van der Waals surface area contributed by atoms with Crippen molar-refractivity contribution < 1.29 is 9.63 Å². The van der Waals surface area contributed by atoms with E-state index in [1.54, 1.807) is 0 Å². The first-order valence-corrected chi connectivity index (χ1v) is 8.67. The van der Waals surface area contributed by atoms with Crippen LogP contribution in [0, 0.1) is 6.92 Å². The Kier molecular flexibility index (Phi) is 5.60. The van der Waals surface area contributed by atoms with Gasteiger partial charge in [0.2, 0.25) is 11.7 Å². The molecule has 1 aromatic heterocycles. The van der Waals surface area contributed by atoms with Gasteiger partial charge in [0.05, 0.1) is 12.6 Å². The van der Waals surface area contributed by atoms with Crippen LogP contribution in [0.3, 0.4) is 0 Å². The molecule has 0 amide bonds. The molecule has 1 aliphatic heterocycles. The zero-order chi connectivity index (χ0) is 16.9. The van der Waals surface area contributed by atoms with E-state index in [1.165, 1.54) is 0 Å². The molecule has 0 spiro atoms. The van der Waals surface area contributed by atoms with E-state index in [9.17, 15) is 5.11 Å². The van der Waals surface area contributed by atoms with Crippen LogP contribution in [0.2, 0.25) is 0 Å².